The molecule has 0 aliphatic carbocycles. The van der Waals surface area contributed by atoms with Gasteiger partial charge < -0.3 is 15.8 Å². The van der Waals surface area contributed by atoms with Crippen molar-refractivity contribution in [2.45, 2.75) is 0 Å². The molecule has 0 fully saturated rings. The molecule has 0 aliphatic heterocycles. The molecule has 0 bridgehead atoms. The molecule has 6 nitrogen and oxygen atoms in total. The lowest BCUT2D eigenvalue weighted by atomic mass is 10.2. The summed E-state index contributed by atoms with van der Waals surface area (Å²) >= 11 is 3.38. The highest BCUT2D eigenvalue weighted by molar-refractivity contribution is 9.10. The van der Waals surface area contributed by atoms with Gasteiger partial charge in [-0.05, 0) is 34.1 Å². The van der Waals surface area contributed by atoms with Gasteiger partial charge in [0.2, 0.25) is 5.75 Å². The van der Waals surface area contributed by atoms with Crippen molar-refractivity contribution in [2.24, 2.45) is 0 Å². The summed E-state index contributed by atoms with van der Waals surface area (Å²) in [5.74, 6) is 1.09. The Hall–Kier alpha value is -2.33. The van der Waals surface area contributed by atoms with E-state index in [2.05, 4.69) is 37.3 Å². The zero-order valence-corrected chi connectivity index (χ0v) is 11.6. The first kappa shape index (κ1) is 13.1. The van der Waals surface area contributed by atoms with Crippen molar-refractivity contribution >= 4 is 33.3 Å². The maximum atomic E-state index is 8.81. The smallest absolute Gasteiger partial charge is 0.204 e. The fourth-order valence-corrected chi connectivity index (χ4v) is 1.97. The van der Waals surface area contributed by atoms with Crippen LogP contribution in [0.3, 0.4) is 0 Å². The molecule has 2 rings (SSSR count). The van der Waals surface area contributed by atoms with Crippen LogP contribution in [0.25, 0.3) is 0 Å². The number of nitrogen functional groups attached to an aromatic ring is 1. The number of hydrogen-bond acceptors (Lipinski definition) is 6. The summed E-state index contributed by atoms with van der Waals surface area (Å²) in [7, 11) is 1.49. The molecule has 0 atom stereocenters. The molecule has 0 spiro atoms. The first-order chi connectivity index (χ1) is 9.15. The summed E-state index contributed by atoms with van der Waals surface area (Å²) in [4.78, 5) is 7.93. The van der Waals surface area contributed by atoms with Gasteiger partial charge in [-0.3, -0.25) is 0 Å². The van der Waals surface area contributed by atoms with E-state index >= 15 is 0 Å². The van der Waals surface area contributed by atoms with Gasteiger partial charge >= 0.3 is 0 Å². The molecule has 7 heteroatoms. The van der Waals surface area contributed by atoms with Gasteiger partial charge in [0.15, 0.2) is 11.6 Å². The van der Waals surface area contributed by atoms with Crippen LogP contribution in [0, 0.1) is 11.3 Å². The topological polar surface area (TPSA) is 96.8 Å². The van der Waals surface area contributed by atoms with Crippen LogP contribution in [-0.4, -0.2) is 17.1 Å². The van der Waals surface area contributed by atoms with Crippen LogP contribution >= 0.6 is 15.9 Å². The number of methoxy groups -OCH3 is 1. The van der Waals surface area contributed by atoms with E-state index < -0.39 is 0 Å². The second kappa shape index (κ2) is 5.54. The molecule has 0 aliphatic rings. The zero-order chi connectivity index (χ0) is 13.8. The number of ether oxygens (including phenoxy) is 1. The van der Waals surface area contributed by atoms with Crippen LogP contribution in [0.15, 0.2) is 29.0 Å². The van der Waals surface area contributed by atoms with Gasteiger partial charge in [0.25, 0.3) is 0 Å². The minimum atomic E-state index is 0.254. The third-order valence-corrected chi connectivity index (χ3v) is 3.04. The summed E-state index contributed by atoms with van der Waals surface area (Å²) in [5.41, 5.74) is 7.01. The van der Waals surface area contributed by atoms with Crippen molar-refractivity contribution in [3.8, 4) is 11.8 Å². The average Bonchev–Trinajstić information content (AvgIpc) is 2.41. The van der Waals surface area contributed by atoms with Crippen LogP contribution in [0.5, 0.6) is 5.75 Å². The molecule has 0 radical (unpaired) electrons. The summed E-state index contributed by atoms with van der Waals surface area (Å²) < 4.78 is 5.89. The van der Waals surface area contributed by atoms with Crippen molar-refractivity contribution in [3.05, 3.63) is 34.6 Å². The fourth-order valence-electron chi connectivity index (χ4n) is 1.49. The Bertz CT molecular complexity index is 653. The van der Waals surface area contributed by atoms with E-state index in [4.69, 9.17) is 15.7 Å². The highest BCUT2D eigenvalue weighted by Crippen LogP contribution is 2.32. The fraction of sp³-hybridized carbons (Fsp3) is 0.0833. The van der Waals surface area contributed by atoms with E-state index in [1.807, 2.05) is 0 Å². The van der Waals surface area contributed by atoms with Gasteiger partial charge in [0.1, 0.15) is 6.33 Å². The van der Waals surface area contributed by atoms with E-state index in [9.17, 15) is 0 Å². The molecular formula is C12H10BrN5O. The first-order valence-electron chi connectivity index (χ1n) is 5.27. The molecule has 19 heavy (non-hydrogen) atoms. The van der Waals surface area contributed by atoms with Crippen LogP contribution in [0.4, 0.5) is 17.3 Å². The third-order valence-electron chi connectivity index (χ3n) is 2.39. The lowest BCUT2D eigenvalue weighted by Crippen LogP contribution is -2.03. The summed E-state index contributed by atoms with van der Waals surface area (Å²) in [6.45, 7) is 0. The Morgan fingerprint density at radius 2 is 2.21 bits per heavy atom. The lowest BCUT2D eigenvalue weighted by molar-refractivity contribution is 0.415. The third kappa shape index (κ3) is 2.74. The van der Waals surface area contributed by atoms with Gasteiger partial charge in [-0.2, -0.15) is 5.26 Å². The maximum absolute atomic E-state index is 8.81. The Labute approximate surface area is 118 Å². The molecule has 0 unspecified atom stereocenters. The maximum Gasteiger partial charge on any atom is 0.204 e. The van der Waals surface area contributed by atoms with Gasteiger partial charge in [-0.25, -0.2) is 9.97 Å². The number of nitriles is 1. The van der Waals surface area contributed by atoms with E-state index in [0.29, 0.717) is 17.1 Å². The summed E-state index contributed by atoms with van der Waals surface area (Å²) in [6, 6.07) is 7.23. The van der Waals surface area contributed by atoms with Crippen molar-refractivity contribution in [2.75, 3.05) is 18.2 Å². The first-order valence-corrected chi connectivity index (χ1v) is 6.06. The number of aromatic nitrogens is 2. The Balaban J connectivity index is 2.37. The molecule has 3 N–H and O–H groups in total. The van der Waals surface area contributed by atoms with Gasteiger partial charge in [0.05, 0.1) is 24.4 Å². The number of nitrogens with one attached hydrogen (secondary N) is 1. The normalized spacial score (nSPS) is 9.74. The number of nitrogens with zero attached hydrogens (tertiary/aromatic N) is 3. The van der Waals surface area contributed by atoms with Crippen molar-refractivity contribution < 1.29 is 4.74 Å². The van der Waals surface area contributed by atoms with Crippen molar-refractivity contribution in [1.29, 1.82) is 5.26 Å². The van der Waals surface area contributed by atoms with Crippen molar-refractivity contribution in [1.82, 2.24) is 9.97 Å². The molecule has 96 valence electrons. The van der Waals surface area contributed by atoms with Crippen LogP contribution < -0.4 is 15.8 Å². The number of rotatable bonds is 3. The van der Waals surface area contributed by atoms with Crippen LogP contribution in [0.1, 0.15) is 5.56 Å². The van der Waals surface area contributed by atoms with Gasteiger partial charge in [0, 0.05) is 4.47 Å². The Kier molecular flexibility index (Phi) is 3.82. The number of hydrogen-bond donors (Lipinski definition) is 2. The average molecular weight is 320 g/mol. The predicted molar refractivity (Wildman–Crippen MR) is 75.1 cm³/mol. The standard InChI is InChI=1S/C12H10BrN5O/c1-19-10-11(15)16-6-17-12(10)18-9-3-2-7(5-14)4-8(9)13/h2-4,6H,1H3,(H3,15,16,17,18). The van der Waals surface area contributed by atoms with Gasteiger partial charge in [-0.15, -0.1) is 0 Å². The molecular weight excluding hydrogens is 310 g/mol. The Morgan fingerprint density at radius 3 is 2.84 bits per heavy atom. The summed E-state index contributed by atoms with van der Waals surface area (Å²) in [6.07, 6.45) is 1.34. The summed E-state index contributed by atoms with van der Waals surface area (Å²) in [5, 5.41) is 11.9. The van der Waals surface area contributed by atoms with Crippen LogP contribution in [-0.2, 0) is 0 Å². The highest BCUT2D eigenvalue weighted by atomic mass is 79.9. The molecule has 0 saturated carbocycles. The molecule has 0 saturated heterocycles. The molecule has 2 aromatic rings. The van der Waals surface area contributed by atoms with Crippen molar-refractivity contribution in [3.63, 3.8) is 0 Å². The number of anilines is 3. The molecule has 1 heterocycles. The minimum absolute atomic E-state index is 0.254. The van der Waals surface area contributed by atoms with E-state index in [-0.39, 0.29) is 5.82 Å². The van der Waals surface area contributed by atoms with E-state index in [1.54, 1.807) is 18.2 Å². The highest BCUT2D eigenvalue weighted by Gasteiger charge is 2.11. The molecule has 0 amide bonds. The van der Waals surface area contributed by atoms with Gasteiger partial charge in [-0.1, -0.05) is 0 Å². The predicted octanol–water partition coefficient (Wildman–Crippen LogP) is 2.45. The number of nitrogens with two attached hydrogens (primary N) is 1. The quantitative estimate of drug-likeness (QED) is 0.901. The molecule has 1 aromatic carbocycles. The lowest BCUT2D eigenvalue weighted by Gasteiger charge is -2.12. The largest absolute Gasteiger partial charge is 0.490 e. The minimum Gasteiger partial charge on any atom is -0.490 e. The Morgan fingerprint density at radius 1 is 1.42 bits per heavy atom. The van der Waals surface area contributed by atoms with E-state index in [1.165, 1.54) is 13.4 Å². The second-order valence-electron chi connectivity index (χ2n) is 3.57. The van der Waals surface area contributed by atoms with E-state index in [0.717, 1.165) is 10.2 Å². The number of benzene rings is 1. The molecule has 1 aromatic heterocycles. The zero-order valence-electron chi connectivity index (χ0n) is 10.0. The SMILES string of the molecule is COc1c(N)ncnc1Nc1ccc(C#N)cc1Br. The van der Waals surface area contributed by atoms with Crippen LogP contribution in [0.2, 0.25) is 0 Å². The number of halogens is 1. The monoisotopic (exact) mass is 319 g/mol. The second-order valence-corrected chi connectivity index (χ2v) is 4.43.